The number of amides is 1. The quantitative estimate of drug-likeness (QED) is 0.278. The Balaban J connectivity index is 3.08. The van der Waals surface area contributed by atoms with Gasteiger partial charge in [-0.3, -0.25) is 4.79 Å². The Labute approximate surface area is 127 Å². The van der Waals surface area contributed by atoms with Gasteiger partial charge in [0, 0.05) is 13.3 Å². The van der Waals surface area contributed by atoms with E-state index >= 15 is 0 Å². The Morgan fingerprint density at radius 3 is 2.68 bits per heavy atom. The minimum atomic E-state index is -2.67. The van der Waals surface area contributed by atoms with Gasteiger partial charge in [0.1, 0.15) is 18.3 Å². The zero-order chi connectivity index (χ0) is 17.8. The van der Waals surface area contributed by atoms with Crippen molar-refractivity contribution < 1.29 is 46.0 Å². The first-order valence-corrected chi connectivity index (χ1v) is 6.45. The number of methoxy groups -OCH3 is 1. The molecule has 0 aliphatic carbocycles. The number of carbonyl (C=O) groups excluding carboxylic acids is 2. The number of ether oxygens (including phenoxy) is 2. The summed E-state index contributed by atoms with van der Waals surface area (Å²) in [4.78, 5) is 22.9. The summed E-state index contributed by atoms with van der Waals surface area (Å²) in [6.07, 6.45) is -7.37. The Morgan fingerprint density at radius 2 is 2.18 bits per heavy atom. The molecule has 1 amide bonds. The molecule has 0 aromatic rings. The number of hydrogen-bond donors (Lipinski definition) is 6. The van der Waals surface area contributed by atoms with E-state index in [1.807, 2.05) is 0 Å². The summed E-state index contributed by atoms with van der Waals surface area (Å²) in [5, 5.41) is 50.9. The number of carbonyl (C=O) groups is 2. The Bertz CT molecular complexity index is 437. The predicted octanol–water partition coefficient (Wildman–Crippen LogP) is -3.78. The minimum absolute atomic E-state index is 0.590. The molecular formula is C12H21NO9. The van der Waals surface area contributed by atoms with Crippen LogP contribution in [0.5, 0.6) is 0 Å². The summed E-state index contributed by atoms with van der Waals surface area (Å²) in [6.45, 7) is 0.271. The molecule has 6 atom stereocenters. The van der Waals surface area contributed by atoms with Crippen LogP contribution in [0.25, 0.3) is 0 Å². The van der Waals surface area contributed by atoms with Crippen LogP contribution in [-0.2, 0) is 19.1 Å². The van der Waals surface area contributed by atoms with Gasteiger partial charge in [-0.25, -0.2) is 4.79 Å². The minimum Gasteiger partial charge on any atom is -0.465 e. The van der Waals surface area contributed by atoms with E-state index in [4.69, 9.17) is 11.2 Å². The molecule has 10 heteroatoms. The van der Waals surface area contributed by atoms with Crippen LogP contribution >= 0.6 is 0 Å². The van der Waals surface area contributed by atoms with Gasteiger partial charge < -0.3 is 40.3 Å². The molecular weight excluding hydrogens is 302 g/mol. The zero-order valence-electron chi connectivity index (χ0n) is 12.9. The molecule has 1 unspecified atom stereocenters. The van der Waals surface area contributed by atoms with E-state index in [9.17, 15) is 30.0 Å². The molecule has 0 aromatic carbocycles. The van der Waals surface area contributed by atoms with E-state index in [0.717, 1.165) is 6.92 Å². The highest BCUT2D eigenvalue weighted by Crippen LogP contribution is 2.31. The van der Waals surface area contributed by atoms with Gasteiger partial charge in [-0.05, 0) is 0 Å². The van der Waals surface area contributed by atoms with Crippen LogP contribution < -0.4 is 5.32 Å². The second-order valence-electron chi connectivity index (χ2n) is 5.04. The monoisotopic (exact) mass is 324 g/mol. The normalized spacial score (nSPS) is 35.2. The lowest BCUT2D eigenvalue weighted by Gasteiger charge is -2.45. The smallest absolute Gasteiger partial charge is 0.366 e. The molecule has 1 fully saturated rings. The third-order valence-electron chi connectivity index (χ3n) is 3.32. The molecule has 128 valence electrons. The average molecular weight is 324 g/mol. The van der Waals surface area contributed by atoms with E-state index in [1.54, 1.807) is 0 Å². The molecule has 22 heavy (non-hydrogen) atoms. The molecule has 1 aliphatic heterocycles. The molecule has 0 saturated carbocycles. The van der Waals surface area contributed by atoms with Gasteiger partial charge in [0.05, 0.1) is 27.2 Å². The van der Waals surface area contributed by atoms with Crippen molar-refractivity contribution in [1.82, 2.24) is 5.32 Å². The van der Waals surface area contributed by atoms with Crippen molar-refractivity contribution in [2.45, 2.75) is 49.6 Å². The highest BCUT2D eigenvalue weighted by atomic mass is 16.7. The van der Waals surface area contributed by atoms with E-state index < -0.39 is 68.2 Å². The predicted molar refractivity (Wildman–Crippen MR) is 69.2 cm³/mol. The topological polar surface area (TPSA) is 166 Å². The Kier molecular flexibility index (Phi) is 5.67. The summed E-state index contributed by atoms with van der Waals surface area (Å²) in [5.74, 6) is -4.62. The van der Waals surface area contributed by atoms with Crippen molar-refractivity contribution in [3.8, 4) is 0 Å². The summed E-state index contributed by atoms with van der Waals surface area (Å²) < 4.78 is 16.2. The SMILES string of the molecule is [2H]COC(=O)C1(O)C[C@H](O)[C@@H](NC(C)=O)[C@H]([C@H](O)[C@H](O)CO)O1. The third kappa shape index (κ3) is 3.91. The number of aliphatic hydroxyl groups is 5. The molecule has 0 aromatic heterocycles. The molecule has 0 spiro atoms. The van der Waals surface area contributed by atoms with Gasteiger partial charge in [0.15, 0.2) is 0 Å². The Morgan fingerprint density at radius 1 is 1.55 bits per heavy atom. The third-order valence-corrected chi connectivity index (χ3v) is 3.32. The highest BCUT2D eigenvalue weighted by molar-refractivity contribution is 5.78. The van der Waals surface area contributed by atoms with Gasteiger partial charge in [-0.1, -0.05) is 0 Å². The molecule has 0 radical (unpaired) electrons. The van der Waals surface area contributed by atoms with Gasteiger partial charge in [0.25, 0.3) is 5.79 Å². The second-order valence-corrected chi connectivity index (χ2v) is 5.04. The first-order valence-electron chi connectivity index (χ1n) is 7.15. The van der Waals surface area contributed by atoms with Crippen molar-refractivity contribution in [2.24, 2.45) is 0 Å². The fraction of sp³-hybridized carbons (Fsp3) is 0.833. The lowest BCUT2D eigenvalue weighted by molar-refractivity contribution is -0.296. The van der Waals surface area contributed by atoms with Gasteiger partial charge in [-0.2, -0.15) is 0 Å². The molecule has 0 bridgehead atoms. The maximum atomic E-state index is 11.7. The second kappa shape index (κ2) is 7.31. The largest absolute Gasteiger partial charge is 0.465 e. The number of rotatable bonds is 5. The van der Waals surface area contributed by atoms with Crippen molar-refractivity contribution >= 4 is 11.9 Å². The van der Waals surface area contributed by atoms with Crippen LogP contribution in [0.2, 0.25) is 0 Å². The Hall–Kier alpha value is -1.30. The van der Waals surface area contributed by atoms with Crippen LogP contribution in [0, 0.1) is 0 Å². The number of nitrogens with one attached hydrogen (secondary N) is 1. The van der Waals surface area contributed by atoms with Crippen LogP contribution in [0.3, 0.4) is 0 Å². The maximum Gasteiger partial charge on any atom is 0.366 e. The summed E-state index contributed by atoms with van der Waals surface area (Å²) in [6, 6.07) is -1.26. The van der Waals surface area contributed by atoms with Crippen molar-refractivity contribution in [3.63, 3.8) is 0 Å². The number of hydrogen-bond acceptors (Lipinski definition) is 9. The number of aliphatic hydroxyl groups excluding tert-OH is 4. The van der Waals surface area contributed by atoms with Crippen molar-refractivity contribution in [2.75, 3.05) is 13.7 Å². The van der Waals surface area contributed by atoms with Crippen LogP contribution in [0.15, 0.2) is 0 Å². The van der Waals surface area contributed by atoms with E-state index in [0.29, 0.717) is 0 Å². The summed E-state index contributed by atoms with van der Waals surface area (Å²) >= 11 is 0. The van der Waals surface area contributed by atoms with E-state index in [2.05, 4.69) is 10.1 Å². The summed E-state index contributed by atoms with van der Waals surface area (Å²) in [7, 11) is -0.803. The van der Waals surface area contributed by atoms with Crippen molar-refractivity contribution in [1.29, 1.82) is 0 Å². The maximum absolute atomic E-state index is 11.7. The fourth-order valence-electron chi connectivity index (χ4n) is 2.24. The molecule has 1 rings (SSSR count). The van der Waals surface area contributed by atoms with Crippen LogP contribution in [0.1, 0.15) is 14.7 Å². The standard InChI is InChI=1S/C12H21NO9/c1-5(15)13-8-6(16)3-12(20,11(19)21-2)22-10(8)9(18)7(17)4-14/h6-10,14,16-18,20H,3-4H2,1-2H3,(H,13,15)/t6-,7+,8+,9+,10+,12?/m0/s1/i2D. The molecule has 1 saturated heterocycles. The highest BCUT2D eigenvalue weighted by Gasteiger charge is 2.54. The van der Waals surface area contributed by atoms with Crippen LogP contribution in [0.4, 0.5) is 0 Å². The molecule has 1 heterocycles. The lowest BCUT2D eigenvalue weighted by Crippen LogP contribution is -2.67. The molecule has 6 N–H and O–H groups in total. The number of esters is 1. The average Bonchev–Trinajstić information content (AvgIpc) is 2.48. The molecule has 1 aliphatic rings. The summed E-state index contributed by atoms with van der Waals surface area (Å²) in [5.41, 5.74) is 0. The van der Waals surface area contributed by atoms with E-state index in [-0.39, 0.29) is 0 Å². The molecule has 10 nitrogen and oxygen atoms in total. The van der Waals surface area contributed by atoms with Crippen molar-refractivity contribution in [3.05, 3.63) is 0 Å². The van der Waals surface area contributed by atoms with Gasteiger partial charge in [-0.15, -0.1) is 0 Å². The van der Waals surface area contributed by atoms with Gasteiger partial charge in [0.2, 0.25) is 5.91 Å². The van der Waals surface area contributed by atoms with Gasteiger partial charge >= 0.3 is 5.97 Å². The fourth-order valence-corrected chi connectivity index (χ4v) is 2.24. The van der Waals surface area contributed by atoms with E-state index in [1.165, 1.54) is 0 Å². The van der Waals surface area contributed by atoms with Crippen LogP contribution in [-0.4, -0.2) is 87.3 Å². The first-order chi connectivity index (χ1) is 10.7. The lowest BCUT2D eigenvalue weighted by atomic mass is 9.88. The first kappa shape index (κ1) is 17.1. The zero-order valence-corrected chi connectivity index (χ0v) is 11.9.